The molecule has 0 aliphatic rings. The number of hydrogen-bond acceptors (Lipinski definition) is 27. The monoisotopic (exact) mass is 1780 g/mol. The third-order valence-electron chi connectivity index (χ3n) is 19.0. The van der Waals surface area contributed by atoms with E-state index in [-0.39, 0.29) is 110 Å². The van der Waals surface area contributed by atoms with Crippen LogP contribution in [0.5, 0.6) is 0 Å². The fraction of sp³-hybridized carbons (Fsp3) is 0.734. The number of primary amides is 2. The molecule has 0 aliphatic heterocycles. The zero-order chi connectivity index (χ0) is 93.0. The van der Waals surface area contributed by atoms with Gasteiger partial charge in [0.15, 0.2) is 0 Å². The molecule has 0 saturated carbocycles. The van der Waals surface area contributed by atoms with Crippen molar-refractivity contribution >= 4 is 107 Å². The van der Waals surface area contributed by atoms with Crippen LogP contribution in [0.4, 0.5) is 0 Å². The van der Waals surface area contributed by atoms with Gasteiger partial charge >= 0.3 is 17.9 Å². The molecule has 0 aromatic carbocycles. The summed E-state index contributed by atoms with van der Waals surface area (Å²) in [5.41, 5.74) is 10.9. The first-order chi connectivity index (χ1) is 59.9. The number of amides is 15. The number of aliphatic hydroxyl groups is 3. The van der Waals surface area contributed by atoms with Gasteiger partial charge in [-0.2, -0.15) is 0 Å². The molecule has 0 radical (unpaired) electrons. The summed E-state index contributed by atoms with van der Waals surface area (Å²) in [7, 11) is 1.40. The number of nitrogens with zero attached hydrogens (tertiary/aromatic N) is 2. The van der Waals surface area contributed by atoms with Crippen LogP contribution in [0.15, 0.2) is 12.5 Å². The zero-order valence-corrected chi connectivity index (χ0v) is 71.9. The number of rotatable bonds is 79. The molecule has 0 bridgehead atoms. The normalized spacial score (nSPS) is 13.0. The SMILES string of the molecule is CCCCC(NC(=O)CCNC(=O)C(CCCCN(CC(=O)O)CC(=O)O)NC(=O)C(Cc1cnc[nH]1)NC(=O)C(CCC(N)=O)NC(=O)[C@H](CO)NC(=O)[C@H](CO)NC(=O)[C@H](CCC(N)=O)NC(=O)[C@@H](CO)NC(=O)CNC(=O)COCCOCCNC(=O)COCCOCCNC(=O)CCCCCCCCCCCCCCCCCCC(=O)O)C(=O)NC. The van der Waals surface area contributed by atoms with Gasteiger partial charge in [0.25, 0.3) is 0 Å². The summed E-state index contributed by atoms with van der Waals surface area (Å²) in [6.07, 6.45) is 19.9. The van der Waals surface area contributed by atoms with Crippen LogP contribution >= 0.6 is 0 Å². The van der Waals surface area contributed by atoms with Crippen LogP contribution in [0.3, 0.4) is 0 Å². The Hall–Kier alpha value is -10.6. The number of ether oxygens (including phenoxy) is 4. The van der Waals surface area contributed by atoms with Crippen molar-refractivity contribution in [3.8, 4) is 0 Å². The molecule has 46 heteroatoms. The third kappa shape index (κ3) is 58.2. The molecule has 24 N–H and O–H groups in total. The molecule has 0 fully saturated rings. The molecule has 15 amide bonds. The van der Waals surface area contributed by atoms with E-state index in [9.17, 15) is 112 Å². The lowest BCUT2D eigenvalue weighted by atomic mass is 10.0. The molecule has 4 unspecified atom stereocenters. The zero-order valence-electron chi connectivity index (χ0n) is 71.9. The summed E-state index contributed by atoms with van der Waals surface area (Å²) >= 11 is 0. The van der Waals surface area contributed by atoms with Gasteiger partial charge in [0.05, 0.1) is 85.4 Å². The van der Waals surface area contributed by atoms with Gasteiger partial charge in [-0.25, -0.2) is 4.98 Å². The van der Waals surface area contributed by atoms with Crippen molar-refractivity contribution in [1.82, 2.24) is 84.0 Å². The predicted molar refractivity (Wildman–Crippen MR) is 446 cm³/mol. The van der Waals surface area contributed by atoms with Crippen molar-refractivity contribution < 1.29 is 136 Å². The number of carboxylic acids is 3. The molecular weight excluding hydrogens is 1650 g/mol. The summed E-state index contributed by atoms with van der Waals surface area (Å²) < 4.78 is 21.4. The molecular formula is C79H136N18O28. The second-order valence-corrected chi connectivity index (χ2v) is 29.6. The Balaban J connectivity index is 2.77. The van der Waals surface area contributed by atoms with Gasteiger partial charge in [-0.15, -0.1) is 0 Å². The number of hydrogen-bond donors (Lipinski definition) is 22. The smallest absolute Gasteiger partial charge is 0.317 e. The van der Waals surface area contributed by atoms with E-state index in [4.69, 9.17) is 35.5 Å². The molecule has 8 atom stereocenters. The molecule has 46 nitrogen and oxygen atoms in total. The van der Waals surface area contributed by atoms with Crippen molar-refractivity contribution in [3.05, 3.63) is 18.2 Å². The van der Waals surface area contributed by atoms with E-state index in [1.165, 1.54) is 83.8 Å². The summed E-state index contributed by atoms with van der Waals surface area (Å²) in [5.74, 6) is -17.0. The summed E-state index contributed by atoms with van der Waals surface area (Å²) in [6, 6.07) is -13.5. The topological polar surface area (TPSA) is 706 Å². The van der Waals surface area contributed by atoms with Crippen molar-refractivity contribution in [2.75, 3.05) is 126 Å². The quantitative estimate of drug-likeness (QED) is 0.0271. The number of H-pyrrole nitrogens is 1. The minimum atomic E-state index is -2.04. The number of unbranched alkanes of at least 4 members (excludes halogenated alkanes) is 17. The molecule has 1 aromatic heterocycles. The van der Waals surface area contributed by atoms with Crippen LogP contribution in [0.25, 0.3) is 0 Å². The lowest BCUT2D eigenvalue weighted by Crippen LogP contribution is -2.61. The van der Waals surface area contributed by atoms with Gasteiger partial charge in [-0.05, 0) is 57.9 Å². The average molecular weight is 1790 g/mol. The van der Waals surface area contributed by atoms with E-state index in [1.54, 1.807) is 0 Å². The number of nitrogens with one attached hydrogen (secondary N) is 14. The number of likely N-dealkylation sites (N-methyl/N-ethyl adjacent to an activating group) is 1. The van der Waals surface area contributed by atoms with E-state index >= 15 is 0 Å². The number of carboxylic acid groups (broad SMARTS) is 3. The molecule has 1 aromatic rings. The predicted octanol–water partition coefficient (Wildman–Crippen LogP) is -5.06. The molecule has 125 heavy (non-hydrogen) atoms. The fourth-order valence-electron chi connectivity index (χ4n) is 12.2. The van der Waals surface area contributed by atoms with Crippen LogP contribution in [-0.2, 0) is 112 Å². The molecule has 1 rings (SSSR count). The molecule has 710 valence electrons. The highest BCUT2D eigenvalue weighted by Gasteiger charge is 2.35. The minimum Gasteiger partial charge on any atom is -0.481 e. The maximum Gasteiger partial charge on any atom is 0.317 e. The number of carbonyl (C=O) groups excluding carboxylic acids is 15. The van der Waals surface area contributed by atoms with Crippen LogP contribution in [0.1, 0.15) is 199 Å². The number of aliphatic carboxylic acids is 3. The molecule has 0 saturated heterocycles. The summed E-state index contributed by atoms with van der Waals surface area (Å²) in [6.45, 7) is -3.78. The standard InChI is InChI=1S/C79H136N18O28/c1-3-4-23-54(72(114)82-2)89-65(104)31-32-86-73(115)55(24-21-22-35-97(45-70(110)111)46-71(112)113)91-76(118)58(42-53-43-83-52-88-53)94-74(116)56(27-29-62(80)101)93-78(120)60(48-99)96-79(121)61(49-100)95-75(117)57(28-30-63(81)102)92-77(119)59(47-98)90-66(105)44-87-68(107)51-125-41-39-123-37-34-85-67(106)50-124-40-38-122-36-33-84-64(103)25-19-17-15-13-11-9-7-5-6-8-10-12-14-16-18-20-26-69(108)109/h43,52,54-61,98-100H,3-42,44-51H2,1-2H3,(H2,80,101)(H2,81,102)(H,82,114)(H,83,88)(H,84,103)(H,85,106)(H,86,115)(H,87,107)(H,89,104)(H,90,105)(H,91,118)(H,92,119)(H,93,120)(H,94,116)(H,95,117)(H,96,121)(H,108,109)(H,110,111)(H,112,113)/t54?,55?,56?,57-,58?,59+,60-,61-/m0/s1. The number of aromatic amines is 1. The van der Waals surface area contributed by atoms with Gasteiger partial charge in [0.2, 0.25) is 88.6 Å². The van der Waals surface area contributed by atoms with E-state index in [1.807, 2.05) is 6.92 Å². The molecule has 0 spiro atoms. The van der Waals surface area contributed by atoms with Crippen LogP contribution in [0, 0.1) is 0 Å². The average Bonchev–Trinajstić information content (AvgIpc) is 1.77. The third-order valence-corrected chi connectivity index (χ3v) is 19.0. The lowest BCUT2D eigenvalue weighted by Gasteiger charge is -2.27. The number of carbonyl (C=O) groups is 18. The second kappa shape index (κ2) is 70.6. The van der Waals surface area contributed by atoms with E-state index in [0.717, 1.165) is 49.8 Å². The van der Waals surface area contributed by atoms with Gasteiger partial charge in [-0.1, -0.05) is 110 Å². The van der Waals surface area contributed by atoms with E-state index in [2.05, 4.69) is 79.1 Å². The highest BCUT2D eigenvalue weighted by Crippen LogP contribution is 2.16. The van der Waals surface area contributed by atoms with Gasteiger partial charge in [0, 0.05) is 77.1 Å². The fourth-order valence-corrected chi connectivity index (χ4v) is 12.2. The van der Waals surface area contributed by atoms with Gasteiger partial charge < -0.3 is 135 Å². The Morgan fingerprint density at radius 3 is 1.21 bits per heavy atom. The lowest BCUT2D eigenvalue weighted by molar-refractivity contribution is -0.142. The Labute approximate surface area is 726 Å². The van der Waals surface area contributed by atoms with Crippen LogP contribution < -0.4 is 80.6 Å². The summed E-state index contributed by atoms with van der Waals surface area (Å²) in [5, 5.41) is 89.2. The Morgan fingerprint density at radius 1 is 0.376 bits per heavy atom. The van der Waals surface area contributed by atoms with E-state index in [0.29, 0.717) is 25.8 Å². The first-order valence-corrected chi connectivity index (χ1v) is 42.6. The first-order valence-electron chi connectivity index (χ1n) is 42.6. The van der Waals surface area contributed by atoms with Crippen LogP contribution in [-0.4, -0.2) is 326 Å². The Bertz CT molecular complexity index is 3400. The number of aliphatic hydroxyl groups excluding tert-OH is 3. The van der Waals surface area contributed by atoms with Crippen LogP contribution in [0.2, 0.25) is 0 Å². The minimum absolute atomic E-state index is 0.00412. The maximum absolute atomic E-state index is 14.4. The van der Waals surface area contributed by atoms with Gasteiger partial charge in [0.1, 0.15) is 61.5 Å². The Kier molecular flexibility index (Phi) is 63.5. The van der Waals surface area contributed by atoms with E-state index < -0.39 is 227 Å². The van der Waals surface area contributed by atoms with Crippen molar-refractivity contribution in [2.45, 2.75) is 248 Å². The molecule has 1 heterocycles. The highest BCUT2D eigenvalue weighted by atomic mass is 16.5. The second-order valence-electron chi connectivity index (χ2n) is 29.6. The largest absolute Gasteiger partial charge is 0.481 e. The van der Waals surface area contributed by atoms with Crippen molar-refractivity contribution in [2.24, 2.45) is 11.5 Å². The number of imidazole rings is 1. The van der Waals surface area contributed by atoms with Crippen molar-refractivity contribution in [3.63, 3.8) is 0 Å². The highest BCUT2D eigenvalue weighted by molar-refractivity contribution is 5.99. The molecule has 0 aliphatic carbocycles. The number of nitrogens with two attached hydrogens (primary N) is 2. The first kappa shape index (κ1) is 112. The Morgan fingerprint density at radius 2 is 0.768 bits per heavy atom. The summed E-state index contributed by atoms with van der Waals surface area (Å²) in [4.78, 5) is 238. The number of aromatic nitrogens is 2. The van der Waals surface area contributed by atoms with Crippen molar-refractivity contribution in [1.29, 1.82) is 0 Å². The van der Waals surface area contributed by atoms with Gasteiger partial charge in [-0.3, -0.25) is 91.2 Å². The maximum atomic E-state index is 14.4.